The van der Waals surface area contributed by atoms with E-state index < -0.39 is 20.7 Å². The number of benzene rings is 1. The molecule has 9 heteroatoms. The second kappa shape index (κ2) is 6.00. The summed E-state index contributed by atoms with van der Waals surface area (Å²) in [5.74, 6) is -0.974. The van der Waals surface area contributed by atoms with Crippen LogP contribution >= 0.6 is 27.5 Å². The molecule has 118 valence electrons. The number of piperazine rings is 1. The van der Waals surface area contributed by atoms with Gasteiger partial charge in [-0.15, -0.1) is 0 Å². The molecule has 0 aromatic heterocycles. The molecular formula is C12H16BrClFN3O2S. The van der Waals surface area contributed by atoms with Gasteiger partial charge in [-0.25, -0.2) is 12.8 Å². The lowest BCUT2D eigenvalue weighted by atomic mass is 10.2. The van der Waals surface area contributed by atoms with E-state index in [1.165, 1.54) is 4.31 Å². The van der Waals surface area contributed by atoms with Crippen molar-refractivity contribution in [3.05, 3.63) is 21.4 Å². The second-order valence-electron chi connectivity index (χ2n) is 5.09. The topological polar surface area (TPSA) is 66.6 Å². The Bertz CT molecular complexity index is 671. The lowest BCUT2D eigenvalue weighted by Gasteiger charge is -2.36. The van der Waals surface area contributed by atoms with Crippen LogP contribution in [0.3, 0.4) is 0 Å². The third-order valence-electron chi connectivity index (χ3n) is 3.70. The van der Waals surface area contributed by atoms with Crippen LogP contribution in [0.1, 0.15) is 6.92 Å². The molecule has 1 aliphatic heterocycles. The average molecular weight is 401 g/mol. The van der Waals surface area contributed by atoms with Crippen molar-refractivity contribution in [2.45, 2.75) is 17.9 Å². The fraction of sp³-hybridized carbons (Fsp3) is 0.500. The van der Waals surface area contributed by atoms with E-state index >= 15 is 0 Å². The molecule has 0 radical (unpaired) electrons. The van der Waals surface area contributed by atoms with Crippen LogP contribution in [-0.4, -0.2) is 50.3 Å². The summed E-state index contributed by atoms with van der Waals surface area (Å²) in [4.78, 5) is 1.57. The molecule has 1 unspecified atom stereocenters. The number of rotatable bonds is 2. The van der Waals surface area contributed by atoms with Crippen LogP contribution in [0.2, 0.25) is 5.02 Å². The lowest BCUT2D eigenvalue weighted by Crippen LogP contribution is -2.52. The van der Waals surface area contributed by atoms with Crippen LogP contribution in [0.15, 0.2) is 15.4 Å². The molecule has 1 fully saturated rings. The molecule has 1 atom stereocenters. The number of likely N-dealkylation sites (N-methyl/N-ethyl adjacent to an activating group) is 1. The minimum Gasteiger partial charge on any atom is -0.395 e. The Morgan fingerprint density at radius 1 is 1.48 bits per heavy atom. The van der Waals surface area contributed by atoms with E-state index in [9.17, 15) is 12.8 Å². The van der Waals surface area contributed by atoms with Gasteiger partial charge in [0.15, 0.2) is 5.82 Å². The van der Waals surface area contributed by atoms with Crippen LogP contribution < -0.4 is 5.73 Å². The Labute approximate surface area is 137 Å². The minimum atomic E-state index is -3.96. The summed E-state index contributed by atoms with van der Waals surface area (Å²) < 4.78 is 40.9. The first-order valence-corrected chi connectivity index (χ1v) is 8.90. The number of nitrogens with two attached hydrogens (primary N) is 1. The summed E-state index contributed by atoms with van der Waals surface area (Å²) >= 11 is 8.94. The molecule has 1 aromatic rings. The maximum absolute atomic E-state index is 14.2. The molecule has 0 spiro atoms. The zero-order chi connectivity index (χ0) is 15.9. The van der Waals surface area contributed by atoms with Gasteiger partial charge in [0.25, 0.3) is 0 Å². The molecule has 2 rings (SSSR count). The molecule has 1 heterocycles. The van der Waals surface area contributed by atoms with Gasteiger partial charge in [0, 0.05) is 25.7 Å². The highest BCUT2D eigenvalue weighted by molar-refractivity contribution is 9.10. The quantitative estimate of drug-likeness (QED) is 0.610. The standard InChI is InChI=1S/C12H16BrClFN3O2S/c1-7-6-18(4-3-17(7)2)21(19,20)9-5-8(14)10(13)12(16)11(9)15/h5,7H,3-4,6,16H2,1-2H3. The zero-order valence-electron chi connectivity index (χ0n) is 11.6. The first-order valence-electron chi connectivity index (χ1n) is 6.29. The highest BCUT2D eigenvalue weighted by Gasteiger charge is 2.34. The molecular weight excluding hydrogens is 385 g/mol. The average Bonchev–Trinajstić information content (AvgIpc) is 2.43. The molecule has 0 aliphatic carbocycles. The van der Waals surface area contributed by atoms with Gasteiger partial charge < -0.3 is 10.6 Å². The summed E-state index contributed by atoms with van der Waals surface area (Å²) in [5.41, 5.74) is 5.26. The largest absolute Gasteiger partial charge is 0.395 e. The molecule has 5 nitrogen and oxygen atoms in total. The summed E-state index contributed by atoms with van der Waals surface area (Å²) in [7, 11) is -2.04. The van der Waals surface area contributed by atoms with E-state index in [2.05, 4.69) is 15.9 Å². The number of halogens is 3. The summed E-state index contributed by atoms with van der Waals surface area (Å²) in [6, 6.07) is 1.15. The first kappa shape index (κ1) is 17.0. The van der Waals surface area contributed by atoms with Crippen LogP contribution in [-0.2, 0) is 10.0 Å². The van der Waals surface area contributed by atoms with Gasteiger partial charge in [-0.1, -0.05) is 11.6 Å². The molecule has 0 bridgehead atoms. The van der Waals surface area contributed by atoms with Gasteiger partial charge in [0.05, 0.1) is 15.2 Å². The summed E-state index contributed by atoms with van der Waals surface area (Å²) in [6.07, 6.45) is 0. The molecule has 1 aromatic carbocycles. The normalized spacial score (nSPS) is 21.7. The van der Waals surface area contributed by atoms with E-state index in [4.69, 9.17) is 17.3 Å². The summed E-state index contributed by atoms with van der Waals surface area (Å²) in [5, 5.41) is 0.0645. The molecule has 0 amide bonds. The Kier molecular flexibility index (Phi) is 4.84. The Morgan fingerprint density at radius 3 is 2.67 bits per heavy atom. The van der Waals surface area contributed by atoms with Crippen molar-refractivity contribution in [1.82, 2.24) is 9.21 Å². The van der Waals surface area contributed by atoms with E-state index in [1.54, 1.807) is 0 Å². The van der Waals surface area contributed by atoms with Crippen molar-refractivity contribution in [2.24, 2.45) is 0 Å². The number of nitrogen functional groups attached to an aromatic ring is 1. The second-order valence-corrected chi connectivity index (χ2v) is 8.20. The van der Waals surface area contributed by atoms with Crippen LogP contribution in [0, 0.1) is 5.82 Å². The van der Waals surface area contributed by atoms with Gasteiger partial charge in [-0.3, -0.25) is 0 Å². The highest BCUT2D eigenvalue weighted by atomic mass is 79.9. The van der Waals surface area contributed by atoms with Gasteiger partial charge >= 0.3 is 0 Å². The third-order valence-corrected chi connectivity index (χ3v) is 6.94. The predicted octanol–water partition coefficient (Wildman–Crippen LogP) is 2.15. The minimum absolute atomic E-state index is 0.0554. The van der Waals surface area contributed by atoms with Crippen molar-refractivity contribution >= 4 is 43.2 Å². The monoisotopic (exact) mass is 399 g/mol. The van der Waals surface area contributed by atoms with E-state index in [-0.39, 0.29) is 21.2 Å². The number of nitrogens with zero attached hydrogens (tertiary/aromatic N) is 2. The Balaban J connectivity index is 2.46. The molecule has 2 N–H and O–H groups in total. The van der Waals surface area contributed by atoms with E-state index in [0.717, 1.165) is 6.07 Å². The van der Waals surface area contributed by atoms with E-state index in [1.807, 2.05) is 18.9 Å². The Hall–Kier alpha value is -0.410. The van der Waals surface area contributed by atoms with Crippen LogP contribution in [0.25, 0.3) is 0 Å². The Morgan fingerprint density at radius 2 is 2.10 bits per heavy atom. The van der Waals surface area contributed by atoms with Gasteiger partial charge in [-0.05, 0) is 36.0 Å². The molecule has 1 saturated heterocycles. The number of anilines is 1. The van der Waals surface area contributed by atoms with E-state index in [0.29, 0.717) is 19.6 Å². The van der Waals surface area contributed by atoms with Crippen molar-refractivity contribution in [3.8, 4) is 0 Å². The van der Waals surface area contributed by atoms with Crippen LogP contribution in [0.5, 0.6) is 0 Å². The van der Waals surface area contributed by atoms with Crippen LogP contribution in [0.4, 0.5) is 10.1 Å². The zero-order valence-corrected chi connectivity index (χ0v) is 14.8. The maximum atomic E-state index is 14.2. The predicted molar refractivity (Wildman–Crippen MR) is 84.4 cm³/mol. The van der Waals surface area contributed by atoms with Crippen molar-refractivity contribution in [3.63, 3.8) is 0 Å². The number of sulfonamides is 1. The van der Waals surface area contributed by atoms with Gasteiger partial charge in [-0.2, -0.15) is 4.31 Å². The van der Waals surface area contributed by atoms with Crippen molar-refractivity contribution in [1.29, 1.82) is 0 Å². The highest BCUT2D eigenvalue weighted by Crippen LogP contribution is 2.36. The molecule has 0 saturated carbocycles. The fourth-order valence-corrected chi connectivity index (χ4v) is 4.34. The fourth-order valence-electron chi connectivity index (χ4n) is 2.16. The third kappa shape index (κ3) is 3.05. The number of hydrogen-bond acceptors (Lipinski definition) is 4. The number of hydrogen-bond donors (Lipinski definition) is 1. The SMILES string of the molecule is CC1CN(S(=O)(=O)c2cc(Cl)c(Br)c(N)c2F)CCN1C. The maximum Gasteiger partial charge on any atom is 0.246 e. The lowest BCUT2D eigenvalue weighted by molar-refractivity contribution is 0.159. The summed E-state index contributed by atoms with van der Waals surface area (Å²) in [6.45, 7) is 3.10. The smallest absolute Gasteiger partial charge is 0.246 e. The van der Waals surface area contributed by atoms with Gasteiger partial charge in [0.2, 0.25) is 10.0 Å². The first-order chi connectivity index (χ1) is 9.66. The molecule has 21 heavy (non-hydrogen) atoms. The van der Waals surface area contributed by atoms with Crippen molar-refractivity contribution < 1.29 is 12.8 Å². The van der Waals surface area contributed by atoms with Gasteiger partial charge in [0.1, 0.15) is 4.90 Å². The molecule has 1 aliphatic rings. The van der Waals surface area contributed by atoms with Crippen molar-refractivity contribution in [2.75, 3.05) is 32.4 Å².